The van der Waals surface area contributed by atoms with Crippen LogP contribution in [0.1, 0.15) is 6.92 Å². The normalized spacial score (nSPS) is 19.2. The first-order valence-electron chi connectivity index (χ1n) is 4.29. The van der Waals surface area contributed by atoms with Crippen LogP contribution >= 0.6 is 0 Å². The monoisotopic (exact) mass is 181 g/mol. The third-order valence-electron chi connectivity index (χ3n) is 2.21. The second kappa shape index (κ2) is 2.96. The molecule has 1 aromatic heterocycles. The van der Waals surface area contributed by atoms with Gasteiger partial charge in [0, 0.05) is 19.3 Å². The molecule has 0 saturated carbocycles. The van der Waals surface area contributed by atoms with Gasteiger partial charge in [0.25, 0.3) is 0 Å². The average molecular weight is 181 g/mol. The maximum absolute atomic E-state index is 13.1. The summed E-state index contributed by atoms with van der Waals surface area (Å²) < 4.78 is 13.1. The van der Waals surface area contributed by atoms with Crippen LogP contribution in [0.5, 0.6) is 0 Å². The molecule has 2 heterocycles. The lowest BCUT2D eigenvalue weighted by atomic mass is 9.95. The van der Waals surface area contributed by atoms with Crippen molar-refractivity contribution in [2.24, 2.45) is 0 Å². The van der Waals surface area contributed by atoms with Crippen LogP contribution in [0.3, 0.4) is 0 Å². The van der Waals surface area contributed by atoms with Crippen LogP contribution in [0.4, 0.5) is 10.2 Å². The predicted octanol–water partition coefficient (Wildman–Crippen LogP) is 0.994. The first kappa shape index (κ1) is 8.44. The zero-order valence-electron chi connectivity index (χ0n) is 7.47. The number of hydrogen-bond acceptors (Lipinski definition) is 3. The van der Waals surface area contributed by atoms with E-state index in [1.807, 2.05) is 6.92 Å². The highest BCUT2D eigenvalue weighted by Crippen LogP contribution is 2.18. The molecule has 4 heteroatoms. The number of halogens is 1. The van der Waals surface area contributed by atoms with E-state index >= 15 is 0 Å². The molecule has 0 bridgehead atoms. The lowest BCUT2D eigenvalue weighted by Gasteiger charge is -2.40. The summed E-state index contributed by atoms with van der Waals surface area (Å²) in [4.78, 5) is 3.93. The molecule has 0 unspecified atom stereocenters. The molecule has 1 aliphatic rings. The minimum absolute atomic E-state index is 0.0464. The van der Waals surface area contributed by atoms with Crippen LogP contribution in [0.15, 0.2) is 18.3 Å². The number of rotatable bonds is 2. The highest BCUT2D eigenvalue weighted by molar-refractivity contribution is 5.40. The minimum Gasteiger partial charge on any atom is -0.360 e. The molecule has 0 aliphatic carbocycles. The lowest BCUT2D eigenvalue weighted by Crippen LogP contribution is -2.62. The Labute approximate surface area is 76.4 Å². The van der Waals surface area contributed by atoms with Crippen molar-refractivity contribution in [2.75, 3.05) is 18.4 Å². The van der Waals surface area contributed by atoms with E-state index < -0.39 is 0 Å². The molecule has 13 heavy (non-hydrogen) atoms. The fraction of sp³-hybridized carbons (Fsp3) is 0.444. The Bertz CT molecular complexity index is 309. The molecule has 1 saturated heterocycles. The summed E-state index contributed by atoms with van der Waals surface area (Å²) in [7, 11) is 0. The average Bonchev–Trinajstić information content (AvgIpc) is 2.06. The molecule has 3 nitrogen and oxygen atoms in total. The van der Waals surface area contributed by atoms with Gasteiger partial charge in [0.2, 0.25) is 0 Å². The topological polar surface area (TPSA) is 37.0 Å². The van der Waals surface area contributed by atoms with Crippen LogP contribution in [0, 0.1) is 5.82 Å². The Hall–Kier alpha value is -1.16. The van der Waals surface area contributed by atoms with Gasteiger partial charge in [-0.1, -0.05) is 0 Å². The molecule has 0 atom stereocenters. The Morgan fingerprint density at radius 1 is 1.62 bits per heavy atom. The Morgan fingerprint density at radius 3 is 2.92 bits per heavy atom. The SMILES string of the molecule is CC1(Nc2ncccc2F)CNC1. The van der Waals surface area contributed by atoms with Crippen molar-refractivity contribution >= 4 is 5.82 Å². The largest absolute Gasteiger partial charge is 0.360 e. The molecule has 1 fully saturated rings. The molecule has 70 valence electrons. The van der Waals surface area contributed by atoms with Gasteiger partial charge in [-0.3, -0.25) is 0 Å². The van der Waals surface area contributed by atoms with Gasteiger partial charge < -0.3 is 10.6 Å². The van der Waals surface area contributed by atoms with E-state index in [9.17, 15) is 4.39 Å². The summed E-state index contributed by atoms with van der Waals surface area (Å²) in [5, 5.41) is 6.20. The summed E-state index contributed by atoms with van der Waals surface area (Å²) in [5.41, 5.74) is -0.0464. The van der Waals surface area contributed by atoms with Crippen molar-refractivity contribution in [3.8, 4) is 0 Å². The first-order chi connectivity index (χ1) is 6.20. The van der Waals surface area contributed by atoms with Crippen molar-refractivity contribution in [1.29, 1.82) is 0 Å². The van der Waals surface area contributed by atoms with Gasteiger partial charge in [0.15, 0.2) is 11.6 Å². The maximum atomic E-state index is 13.1. The molecule has 0 amide bonds. The fourth-order valence-electron chi connectivity index (χ4n) is 1.35. The van der Waals surface area contributed by atoms with Crippen molar-refractivity contribution in [1.82, 2.24) is 10.3 Å². The Balaban J connectivity index is 2.13. The number of nitrogens with zero attached hydrogens (tertiary/aromatic N) is 1. The molecular formula is C9H12FN3. The van der Waals surface area contributed by atoms with E-state index in [2.05, 4.69) is 15.6 Å². The van der Waals surface area contributed by atoms with E-state index in [-0.39, 0.29) is 11.4 Å². The van der Waals surface area contributed by atoms with E-state index in [4.69, 9.17) is 0 Å². The Morgan fingerprint density at radius 2 is 2.38 bits per heavy atom. The number of aromatic nitrogens is 1. The van der Waals surface area contributed by atoms with Crippen LogP contribution in [-0.4, -0.2) is 23.6 Å². The predicted molar refractivity (Wildman–Crippen MR) is 49.1 cm³/mol. The number of hydrogen-bond donors (Lipinski definition) is 2. The van der Waals surface area contributed by atoms with Crippen molar-refractivity contribution in [3.05, 3.63) is 24.1 Å². The van der Waals surface area contributed by atoms with Gasteiger partial charge in [-0.25, -0.2) is 9.37 Å². The summed E-state index contributed by atoms with van der Waals surface area (Å²) in [6.45, 7) is 3.74. The van der Waals surface area contributed by atoms with Gasteiger partial charge in [-0.05, 0) is 19.1 Å². The minimum atomic E-state index is -0.296. The van der Waals surface area contributed by atoms with Gasteiger partial charge in [0.1, 0.15) is 0 Å². The fourth-order valence-corrected chi connectivity index (χ4v) is 1.35. The van der Waals surface area contributed by atoms with Crippen molar-refractivity contribution in [3.63, 3.8) is 0 Å². The van der Waals surface area contributed by atoms with E-state index in [0.717, 1.165) is 13.1 Å². The summed E-state index contributed by atoms with van der Waals surface area (Å²) in [6, 6.07) is 2.99. The van der Waals surface area contributed by atoms with E-state index in [1.54, 1.807) is 12.3 Å². The second-order valence-corrected chi connectivity index (χ2v) is 3.62. The summed E-state index contributed by atoms with van der Waals surface area (Å²) >= 11 is 0. The third kappa shape index (κ3) is 1.62. The summed E-state index contributed by atoms with van der Waals surface area (Å²) in [6.07, 6.45) is 1.58. The molecular weight excluding hydrogens is 169 g/mol. The smallest absolute Gasteiger partial charge is 0.165 e. The van der Waals surface area contributed by atoms with Crippen molar-refractivity contribution in [2.45, 2.75) is 12.5 Å². The van der Waals surface area contributed by atoms with Gasteiger partial charge >= 0.3 is 0 Å². The quantitative estimate of drug-likeness (QED) is 0.714. The highest BCUT2D eigenvalue weighted by Gasteiger charge is 2.32. The molecule has 0 aromatic carbocycles. The molecule has 0 radical (unpaired) electrons. The highest BCUT2D eigenvalue weighted by atomic mass is 19.1. The van der Waals surface area contributed by atoms with Gasteiger partial charge in [-0.15, -0.1) is 0 Å². The molecule has 0 spiro atoms. The first-order valence-corrected chi connectivity index (χ1v) is 4.29. The number of anilines is 1. The maximum Gasteiger partial charge on any atom is 0.165 e. The molecule has 1 aromatic rings. The number of pyridine rings is 1. The lowest BCUT2D eigenvalue weighted by molar-refractivity contribution is 0.336. The van der Waals surface area contributed by atoms with Crippen LogP contribution < -0.4 is 10.6 Å². The zero-order valence-corrected chi connectivity index (χ0v) is 7.47. The standard InChI is InChI=1S/C9H12FN3/c1-9(5-11-6-9)13-8-7(10)3-2-4-12-8/h2-4,11H,5-6H2,1H3,(H,12,13). The molecule has 1 aliphatic heterocycles. The van der Waals surface area contributed by atoms with Crippen molar-refractivity contribution < 1.29 is 4.39 Å². The van der Waals surface area contributed by atoms with Crippen LogP contribution in [0.2, 0.25) is 0 Å². The molecule has 2 N–H and O–H groups in total. The van der Waals surface area contributed by atoms with Gasteiger partial charge in [0.05, 0.1) is 5.54 Å². The number of nitrogens with one attached hydrogen (secondary N) is 2. The van der Waals surface area contributed by atoms with E-state index in [0.29, 0.717) is 5.82 Å². The molecule has 2 rings (SSSR count). The second-order valence-electron chi connectivity index (χ2n) is 3.62. The Kier molecular flexibility index (Phi) is 1.92. The van der Waals surface area contributed by atoms with Crippen LogP contribution in [-0.2, 0) is 0 Å². The zero-order chi connectivity index (χ0) is 9.31. The third-order valence-corrected chi connectivity index (χ3v) is 2.21. The van der Waals surface area contributed by atoms with Gasteiger partial charge in [-0.2, -0.15) is 0 Å². The van der Waals surface area contributed by atoms with E-state index in [1.165, 1.54) is 6.07 Å². The van der Waals surface area contributed by atoms with Crippen LogP contribution in [0.25, 0.3) is 0 Å². The summed E-state index contributed by atoms with van der Waals surface area (Å²) in [5.74, 6) is 0.0436.